The van der Waals surface area contributed by atoms with Gasteiger partial charge in [0, 0.05) is 30.6 Å². The van der Waals surface area contributed by atoms with Crippen LogP contribution in [0.4, 0.5) is 0 Å². The van der Waals surface area contributed by atoms with Crippen LogP contribution in [0.1, 0.15) is 6.92 Å². The first kappa shape index (κ1) is 26.4. The van der Waals surface area contributed by atoms with E-state index in [0.29, 0.717) is 0 Å². The zero-order chi connectivity index (χ0) is 20.9. The topological polar surface area (TPSA) is 154 Å². The van der Waals surface area contributed by atoms with E-state index < -0.39 is 37.2 Å². The molecule has 0 aromatic heterocycles. The van der Waals surface area contributed by atoms with Crippen LogP contribution >= 0.6 is 0 Å². The second kappa shape index (κ2) is 14.4. The summed E-state index contributed by atoms with van der Waals surface area (Å²) >= 11 is 0. The van der Waals surface area contributed by atoms with E-state index in [2.05, 4.69) is 22.6 Å². The summed E-state index contributed by atoms with van der Waals surface area (Å²) in [4.78, 5) is 21.8. The van der Waals surface area contributed by atoms with Crippen molar-refractivity contribution in [3.8, 4) is 0 Å². The van der Waals surface area contributed by atoms with Crippen LogP contribution in [0.5, 0.6) is 0 Å². The Bertz CT molecular complexity index is 411. The molecule has 0 heterocycles. The highest BCUT2D eigenvalue weighted by atomic mass is 16.5. The zero-order valence-electron chi connectivity index (χ0n) is 15.4. The summed E-state index contributed by atoms with van der Waals surface area (Å²) < 4.78 is 8.78. The molecule has 0 radical (unpaired) electrons. The summed E-state index contributed by atoms with van der Waals surface area (Å²) in [5.74, 6) is -2.68. The number of ether oxygens (including phenoxy) is 2. The van der Waals surface area contributed by atoms with Crippen LogP contribution in [-0.2, 0) is 19.1 Å². The minimum absolute atomic E-state index is 0.171. The van der Waals surface area contributed by atoms with Crippen molar-refractivity contribution < 1.29 is 44.6 Å². The maximum absolute atomic E-state index is 11.0. The number of aliphatic hydroxyl groups excluding tert-OH is 5. The quantitative estimate of drug-likeness (QED) is 0.229. The first-order valence-corrected chi connectivity index (χ1v) is 7.82. The Hall–Kier alpha value is -1.78. The number of aliphatic hydroxyl groups is 5. The Balaban J connectivity index is 0. The zero-order valence-corrected chi connectivity index (χ0v) is 15.4. The van der Waals surface area contributed by atoms with Crippen LogP contribution in [-0.4, -0.2) is 84.2 Å². The molecular weight excluding hydrogens is 348 g/mol. The fraction of sp³-hybridized carbons (Fsp3) is 0.647. The average Bonchev–Trinajstić information content (AvgIpc) is 2.67. The van der Waals surface area contributed by atoms with Gasteiger partial charge in [0.15, 0.2) is 0 Å². The molecule has 0 rings (SSSR count). The van der Waals surface area contributed by atoms with Gasteiger partial charge >= 0.3 is 11.9 Å². The second-order valence-corrected chi connectivity index (χ2v) is 5.52. The van der Waals surface area contributed by atoms with Gasteiger partial charge in [-0.1, -0.05) is 20.1 Å². The lowest BCUT2D eigenvalue weighted by Crippen LogP contribution is -2.31. The van der Waals surface area contributed by atoms with E-state index in [9.17, 15) is 14.7 Å². The number of rotatable bonds is 10. The lowest BCUT2D eigenvalue weighted by molar-refractivity contribution is -0.138. The van der Waals surface area contributed by atoms with Crippen LogP contribution in [0, 0.1) is 17.8 Å². The normalized spacial score (nSPS) is 12.7. The van der Waals surface area contributed by atoms with Crippen molar-refractivity contribution in [1.29, 1.82) is 0 Å². The molecule has 9 heteroatoms. The molecule has 5 N–H and O–H groups in total. The van der Waals surface area contributed by atoms with E-state index in [4.69, 9.17) is 20.4 Å². The molecule has 0 spiro atoms. The molecule has 0 bridgehead atoms. The maximum atomic E-state index is 11.0. The van der Waals surface area contributed by atoms with Crippen LogP contribution in [0.2, 0.25) is 0 Å². The Labute approximate surface area is 153 Å². The molecule has 9 nitrogen and oxygen atoms in total. The van der Waals surface area contributed by atoms with Crippen molar-refractivity contribution in [2.75, 3.05) is 40.6 Å². The highest BCUT2D eigenvalue weighted by Gasteiger charge is 2.25. The third-order valence-corrected chi connectivity index (χ3v) is 3.89. The largest absolute Gasteiger partial charge is 0.466 e. The Morgan fingerprint density at radius 2 is 1.15 bits per heavy atom. The monoisotopic (exact) mass is 378 g/mol. The van der Waals surface area contributed by atoms with E-state index in [1.807, 2.05) is 0 Å². The molecule has 0 amide bonds. The molecule has 0 aliphatic heterocycles. The fourth-order valence-electron chi connectivity index (χ4n) is 1.77. The van der Waals surface area contributed by atoms with Crippen molar-refractivity contribution >= 4 is 11.9 Å². The summed E-state index contributed by atoms with van der Waals surface area (Å²) in [6.45, 7) is 7.37. The smallest absolute Gasteiger partial charge is 0.335 e. The molecule has 0 aliphatic carbocycles. The number of esters is 2. The van der Waals surface area contributed by atoms with Gasteiger partial charge in [-0.2, -0.15) is 0 Å². The minimum Gasteiger partial charge on any atom is -0.466 e. The number of hydrogen-bond acceptors (Lipinski definition) is 9. The highest BCUT2D eigenvalue weighted by Crippen LogP contribution is 2.19. The molecule has 0 aromatic rings. The van der Waals surface area contributed by atoms with Crippen molar-refractivity contribution in [2.24, 2.45) is 17.8 Å². The Morgan fingerprint density at radius 3 is 1.46 bits per heavy atom. The van der Waals surface area contributed by atoms with Gasteiger partial charge in [-0.05, 0) is 5.92 Å². The third-order valence-electron chi connectivity index (χ3n) is 3.89. The highest BCUT2D eigenvalue weighted by molar-refractivity contribution is 5.88. The molecule has 0 saturated carbocycles. The summed E-state index contributed by atoms with van der Waals surface area (Å²) in [5.41, 5.74) is 0.103. The number of hydrogen-bond donors (Lipinski definition) is 5. The van der Waals surface area contributed by atoms with Crippen molar-refractivity contribution in [1.82, 2.24) is 0 Å². The molecule has 0 aliphatic rings. The molecule has 0 fully saturated rings. The van der Waals surface area contributed by atoms with Crippen LogP contribution in [0.25, 0.3) is 0 Å². The second-order valence-electron chi connectivity index (χ2n) is 5.52. The van der Waals surface area contributed by atoms with Gasteiger partial charge in [0.1, 0.15) is 0 Å². The van der Waals surface area contributed by atoms with E-state index in [1.165, 1.54) is 7.11 Å². The van der Waals surface area contributed by atoms with E-state index in [1.54, 1.807) is 6.92 Å². The molecule has 2 atom stereocenters. The minimum atomic E-state index is -1.28. The molecule has 26 heavy (non-hydrogen) atoms. The van der Waals surface area contributed by atoms with Crippen molar-refractivity contribution in [2.45, 2.75) is 13.0 Å². The van der Waals surface area contributed by atoms with Crippen molar-refractivity contribution in [3.63, 3.8) is 0 Å². The van der Waals surface area contributed by atoms with Gasteiger partial charge < -0.3 is 35.0 Å². The summed E-state index contributed by atoms with van der Waals surface area (Å²) in [6, 6.07) is 0. The van der Waals surface area contributed by atoms with E-state index in [0.717, 1.165) is 7.11 Å². The Morgan fingerprint density at radius 1 is 0.808 bits per heavy atom. The van der Waals surface area contributed by atoms with E-state index in [-0.39, 0.29) is 36.2 Å². The SMILES string of the molecule is C=C(C(=O)OC)[C@H](C)C(CO)CO.C=C(C(=O)OC)[C@H](O)C(CO)CO. The average molecular weight is 378 g/mol. The molecule has 0 unspecified atom stereocenters. The van der Waals surface area contributed by atoms with E-state index >= 15 is 0 Å². The lowest BCUT2D eigenvalue weighted by Gasteiger charge is -2.20. The van der Waals surface area contributed by atoms with Gasteiger partial charge in [-0.15, -0.1) is 0 Å². The molecule has 152 valence electrons. The summed E-state index contributed by atoms with van der Waals surface area (Å²) in [6.07, 6.45) is -1.28. The predicted molar refractivity (Wildman–Crippen MR) is 92.8 cm³/mol. The van der Waals surface area contributed by atoms with Gasteiger partial charge in [-0.3, -0.25) is 0 Å². The number of carbonyl (C=O) groups excluding carboxylic acids is 2. The van der Waals surface area contributed by atoms with Gasteiger partial charge in [0.2, 0.25) is 0 Å². The number of methoxy groups -OCH3 is 2. The summed E-state index contributed by atoms with van der Waals surface area (Å²) in [5, 5.41) is 44.4. The molecule has 0 saturated heterocycles. The van der Waals surface area contributed by atoms with Crippen molar-refractivity contribution in [3.05, 3.63) is 24.3 Å². The van der Waals surface area contributed by atoms with Crippen LogP contribution < -0.4 is 0 Å². The number of carbonyl (C=O) groups is 2. The maximum Gasteiger partial charge on any atom is 0.335 e. The first-order valence-electron chi connectivity index (χ1n) is 7.82. The first-order chi connectivity index (χ1) is 12.2. The predicted octanol–water partition coefficient (Wildman–Crippen LogP) is -1.37. The van der Waals surface area contributed by atoms with Gasteiger partial charge in [0.05, 0.1) is 39.1 Å². The molecular formula is C17H30O9. The van der Waals surface area contributed by atoms with Gasteiger partial charge in [-0.25, -0.2) is 9.59 Å². The lowest BCUT2D eigenvalue weighted by atomic mass is 9.89. The van der Waals surface area contributed by atoms with Gasteiger partial charge in [0.25, 0.3) is 0 Å². The fourth-order valence-corrected chi connectivity index (χ4v) is 1.77. The summed E-state index contributed by atoms with van der Waals surface area (Å²) in [7, 11) is 2.43. The Kier molecular flexibility index (Phi) is 14.6. The standard InChI is InChI=1S/C9H16O4.C8H14O5/c1-6(8(4-10)5-11)7(2)9(12)13-3;1-5(8(12)13-2)7(11)6(3-9)4-10/h6,8,10-11H,2,4-5H2,1,3H3;6-7,9-11H,1,3-4H2,2H3/t6-;7-/m00/s1. The third kappa shape index (κ3) is 8.54. The molecule has 0 aromatic carbocycles. The van der Waals surface area contributed by atoms with Crippen LogP contribution in [0.3, 0.4) is 0 Å². The van der Waals surface area contributed by atoms with Crippen LogP contribution in [0.15, 0.2) is 24.3 Å².